The molecule has 0 aliphatic carbocycles. The summed E-state index contributed by atoms with van der Waals surface area (Å²) < 4.78 is 2.21. The van der Waals surface area contributed by atoms with E-state index in [2.05, 4.69) is 54.9 Å². The Morgan fingerprint density at radius 2 is 1.96 bits per heavy atom. The van der Waals surface area contributed by atoms with E-state index in [1.165, 1.54) is 12.0 Å². The maximum Gasteiger partial charge on any atom is 0.255 e. The first kappa shape index (κ1) is 20.5. The predicted molar refractivity (Wildman–Crippen MR) is 110 cm³/mol. The number of aromatic nitrogens is 1. The van der Waals surface area contributed by atoms with Gasteiger partial charge in [0, 0.05) is 30.2 Å². The molecule has 0 saturated carbocycles. The van der Waals surface area contributed by atoms with Gasteiger partial charge in [-0.25, -0.2) is 0 Å². The Morgan fingerprint density at radius 1 is 1.23 bits per heavy atom. The second kappa shape index (κ2) is 8.74. The molecule has 1 aliphatic rings. The molecule has 1 atom stereocenters. The number of carbonyl (C=O) groups is 1. The van der Waals surface area contributed by atoms with Gasteiger partial charge in [-0.15, -0.1) is 12.4 Å². The smallest absolute Gasteiger partial charge is 0.255 e. The number of nitrogens with one attached hydrogen (secondary N) is 1. The standard InChI is InChI=1S/C21H29N3O.ClH/c1-15-8-5-6-10-20(15)24-16(2)12-19(17(24)3)21(25)23-11-7-9-18(14-23)13-22-4;/h5-6,8,10,12,18,22H,7,9,11,13-14H2,1-4H3;1H. The minimum Gasteiger partial charge on any atom is -0.338 e. The molecular weight excluding hydrogens is 346 g/mol. The van der Waals surface area contributed by atoms with Crippen molar-refractivity contribution in [2.45, 2.75) is 33.6 Å². The van der Waals surface area contributed by atoms with Crippen LogP contribution in [0, 0.1) is 26.7 Å². The van der Waals surface area contributed by atoms with Crippen LogP contribution in [0.25, 0.3) is 5.69 Å². The number of aryl methyl sites for hydroxylation is 2. The monoisotopic (exact) mass is 375 g/mol. The van der Waals surface area contributed by atoms with Gasteiger partial charge in [0.05, 0.1) is 5.56 Å². The van der Waals surface area contributed by atoms with Gasteiger partial charge in [-0.1, -0.05) is 18.2 Å². The molecule has 1 N–H and O–H groups in total. The number of carbonyl (C=O) groups excluding carboxylic acids is 1. The topological polar surface area (TPSA) is 37.3 Å². The van der Waals surface area contributed by atoms with Crippen molar-refractivity contribution in [3.8, 4) is 5.69 Å². The third kappa shape index (κ3) is 3.97. The number of likely N-dealkylation sites (tertiary alicyclic amines) is 1. The van der Waals surface area contributed by atoms with Crippen molar-refractivity contribution < 1.29 is 4.79 Å². The largest absolute Gasteiger partial charge is 0.338 e. The number of para-hydroxylation sites is 1. The molecule has 1 fully saturated rings. The van der Waals surface area contributed by atoms with E-state index in [0.29, 0.717) is 5.92 Å². The molecule has 0 bridgehead atoms. The number of hydrogen-bond acceptors (Lipinski definition) is 2. The number of hydrogen-bond donors (Lipinski definition) is 1. The fraction of sp³-hybridized carbons (Fsp3) is 0.476. The molecular formula is C21H30ClN3O. The summed E-state index contributed by atoms with van der Waals surface area (Å²) in [5, 5.41) is 3.25. The van der Waals surface area contributed by atoms with Gasteiger partial charge >= 0.3 is 0 Å². The molecule has 2 heterocycles. The van der Waals surface area contributed by atoms with Crippen LogP contribution in [0.3, 0.4) is 0 Å². The minimum atomic E-state index is 0. The SMILES string of the molecule is CNCC1CCCN(C(=O)c2cc(C)n(-c3ccccc3C)c2C)C1.Cl. The summed E-state index contributed by atoms with van der Waals surface area (Å²) in [4.78, 5) is 15.2. The normalized spacial score (nSPS) is 17.1. The molecule has 142 valence electrons. The van der Waals surface area contributed by atoms with Gasteiger partial charge in [0.15, 0.2) is 0 Å². The summed E-state index contributed by atoms with van der Waals surface area (Å²) in [5.74, 6) is 0.733. The number of amides is 1. The average molecular weight is 376 g/mol. The first-order chi connectivity index (χ1) is 12.0. The van der Waals surface area contributed by atoms with E-state index in [1.807, 2.05) is 18.0 Å². The lowest BCUT2D eigenvalue weighted by atomic mass is 9.97. The van der Waals surface area contributed by atoms with E-state index in [9.17, 15) is 4.79 Å². The van der Waals surface area contributed by atoms with Gasteiger partial charge < -0.3 is 14.8 Å². The molecule has 4 nitrogen and oxygen atoms in total. The van der Waals surface area contributed by atoms with Gasteiger partial charge in [0.25, 0.3) is 5.91 Å². The molecule has 1 amide bonds. The lowest BCUT2D eigenvalue weighted by molar-refractivity contribution is 0.0673. The van der Waals surface area contributed by atoms with Crippen molar-refractivity contribution >= 4 is 18.3 Å². The average Bonchev–Trinajstić information content (AvgIpc) is 2.90. The highest BCUT2D eigenvalue weighted by molar-refractivity contribution is 5.96. The van der Waals surface area contributed by atoms with E-state index < -0.39 is 0 Å². The van der Waals surface area contributed by atoms with Crippen LogP contribution in [0.2, 0.25) is 0 Å². The Kier molecular flexibility index (Phi) is 6.90. The molecule has 1 aliphatic heterocycles. The van der Waals surface area contributed by atoms with Crippen molar-refractivity contribution in [2.75, 3.05) is 26.7 Å². The molecule has 1 saturated heterocycles. The lowest BCUT2D eigenvalue weighted by Gasteiger charge is -2.32. The molecule has 26 heavy (non-hydrogen) atoms. The molecule has 5 heteroatoms. The van der Waals surface area contributed by atoms with Gasteiger partial charge in [0.1, 0.15) is 0 Å². The highest BCUT2D eigenvalue weighted by atomic mass is 35.5. The highest BCUT2D eigenvalue weighted by Gasteiger charge is 2.27. The van der Waals surface area contributed by atoms with Gasteiger partial charge in [-0.3, -0.25) is 4.79 Å². The summed E-state index contributed by atoms with van der Waals surface area (Å²) in [6.45, 7) is 8.95. The molecule has 0 spiro atoms. The van der Waals surface area contributed by atoms with Crippen LogP contribution in [-0.2, 0) is 0 Å². The Labute approximate surface area is 163 Å². The second-order valence-electron chi connectivity index (χ2n) is 7.22. The summed E-state index contributed by atoms with van der Waals surface area (Å²) in [6, 6.07) is 10.4. The summed E-state index contributed by atoms with van der Waals surface area (Å²) in [5.41, 5.74) is 5.36. The Balaban J connectivity index is 0.00000243. The van der Waals surface area contributed by atoms with Crippen LogP contribution >= 0.6 is 12.4 Å². The fourth-order valence-corrected chi connectivity index (χ4v) is 4.04. The summed E-state index contributed by atoms with van der Waals surface area (Å²) in [7, 11) is 1.98. The van der Waals surface area contributed by atoms with Crippen molar-refractivity contribution in [1.82, 2.24) is 14.8 Å². The van der Waals surface area contributed by atoms with Crippen LogP contribution in [0.5, 0.6) is 0 Å². The quantitative estimate of drug-likeness (QED) is 0.880. The Hall–Kier alpha value is -1.78. The minimum absolute atomic E-state index is 0. The maximum atomic E-state index is 13.1. The van der Waals surface area contributed by atoms with Crippen molar-refractivity contribution in [3.63, 3.8) is 0 Å². The zero-order valence-corrected chi connectivity index (χ0v) is 17.0. The van der Waals surface area contributed by atoms with Gasteiger partial charge in [-0.05, 0) is 70.8 Å². The van der Waals surface area contributed by atoms with Crippen molar-refractivity contribution in [1.29, 1.82) is 0 Å². The van der Waals surface area contributed by atoms with Crippen LogP contribution in [0.1, 0.15) is 40.2 Å². The van der Waals surface area contributed by atoms with Crippen LogP contribution < -0.4 is 5.32 Å². The molecule has 1 unspecified atom stereocenters. The van der Waals surface area contributed by atoms with Gasteiger partial charge in [0.2, 0.25) is 0 Å². The molecule has 3 rings (SSSR count). The molecule has 2 aromatic rings. The predicted octanol–water partition coefficient (Wildman–Crippen LogP) is 3.90. The number of rotatable bonds is 4. The first-order valence-electron chi connectivity index (χ1n) is 9.21. The summed E-state index contributed by atoms with van der Waals surface area (Å²) >= 11 is 0. The number of halogens is 1. The van der Waals surface area contributed by atoms with Crippen molar-refractivity contribution in [3.05, 3.63) is 52.8 Å². The molecule has 1 aromatic carbocycles. The van der Waals surface area contributed by atoms with Gasteiger partial charge in [-0.2, -0.15) is 0 Å². The van der Waals surface area contributed by atoms with E-state index in [-0.39, 0.29) is 18.3 Å². The lowest BCUT2D eigenvalue weighted by Crippen LogP contribution is -2.42. The van der Waals surface area contributed by atoms with Crippen molar-refractivity contribution in [2.24, 2.45) is 5.92 Å². The number of benzene rings is 1. The van der Waals surface area contributed by atoms with E-state index in [1.54, 1.807) is 0 Å². The highest BCUT2D eigenvalue weighted by Crippen LogP contribution is 2.25. The zero-order chi connectivity index (χ0) is 18.0. The Morgan fingerprint density at radius 3 is 2.65 bits per heavy atom. The summed E-state index contributed by atoms with van der Waals surface area (Å²) in [6.07, 6.45) is 2.29. The zero-order valence-electron chi connectivity index (χ0n) is 16.2. The number of nitrogens with zero attached hydrogens (tertiary/aromatic N) is 2. The third-order valence-corrected chi connectivity index (χ3v) is 5.32. The van der Waals surface area contributed by atoms with E-state index in [4.69, 9.17) is 0 Å². The molecule has 0 radical (unpaired) electrons. The third-order valence-electron chi connectivity index (χ3n) is 5.32. The van der Waals surface area contributed by atoms with Crippen LogP contribution in [0.15, 0.2) is 30.3 Å². The maximum absolute atomic E-state index is 13.1. The fourth-order valence-electron chi connectivity index (χ4n) is 4.04. The molecule has 1 aromatic heterocycles. The Bertz CT molecular complexity index is 767. The van der Waals surface area contributed by atoms with Crippen LogP contribution in [-0.4, -0.2) is 42.1 Å². The van der Waals surface area contributed by atoms with E-state index in [0.717, 1.165) is 48.7 Å². The second-order valence-corrected chi connectivity index (χ2v) is 7.22. The first-order valence-corrected chi connectivity index (χ1v) is 9.21. The van der Waals surface area contributed by atoms with E-state index >= 15 is 0 Å². The van der Waals surface area contributed by atoms with Crippen LogP contribution in [0.4, 0.5) is 0 Å². The number of piperidine rings is 1.